The Hall–Kier alpha value is -2.04. The molecule has 5 nitrogen and oxygen atoms in total. The summed E-state index contributed by atoms with van der Waals surface area (Å²) < 4.78 is 5.23. The van der Waals surface area contributed by atoms with E-state index in [4.69, 9.17) is 9.84 Å². The Morgan fingerprint density at radius 2 is 1.95 bits per heavy atom. The molecule has 0 radical (unpaired) electrons. The van der Waals surface area contributed by atoms with E-state index in [1.54, 1.807) is 7.11 Å². The molecule has 0 spiro atoms. The highest BCUT2D eigenvalue weighted by Crippen LogP contribution is 2.18. The summed E-state index contributed by atoms with van der Waals surface area (Å²) >= 11 is 0. The molecule has 0 aromatic heterocycles. The highest BCUT2D eigenvalue weighted by molar-refractivity contribution is 5.77. The Bertz CT molecular complexity index is 485. The quantitative estimate of drug-likeness (QED) is 0.769. The van der Waals surface area contributed by atoms with Crippen LogP contribution in [0.25, 0.3) is 0 Å². The molecule has 0 saturated carbocycles. The van der Waals surface area contributed by atoms with Crippen LogP contribution in [0, 0.1) is 11.8 Å². The summed E-state index contributed by atoms with van der Waals surface area (Å²) in [6, 6.07) is 7.55. The third-order valence-electron chi connectivity index (χ3n) is 3.46. The van der Waals surface area contributed by atoms with Crippen LogP contribution in [-0.4, -0.2) is 30.6 Å². The minimum absolute atomic E-state index is 0.0167. The Balaban J connectivity index is 2.46. The molecule has 0 fully saturated rings. The molecule has 1 atom stereocenters. The highest BCUT2D eigenvalue weighted by atomic mass is 16.5. The van der Waals surface area contributed by atoms with Crippen molar-refractivity contribution in [3.05, 3.63) is 29.8 Å². The predicted molar refractivity (Wildman–Crippen MR) is 80.3 cm³/mol. The molecule has 1 unspecified atom stereocenters. The van der Waals surface area contributed by atoms with Crippen LogP contribution in [-0.2, 0) is 16.0 Å². The maximum absolute atomic E-state index is 11.8. The number of aliphatic carboxylic acids is 1. The number of methoxy groups -OCH3 is 1. The van der Waals surface area contributed by atoms with Gasteiger partial charge in [0.05, 0.1) is 13.0 Å². The molecule has 0 aliphatic heterocycles. The van der Waals surface area contributed by atoms with Gasteiger partial charge in [-0.05, 0) is 24.0 Å². The monoisotopic (exact) mass is 293 g/mol. The number of aryl methyl sites for hydroxylation is 1. The number of hydrogen-bond acceptors (Lipinski definition) is 3. The number of carboxylic acids is 1. The van der Waals surface area contributed by atoms with Crippen LogP contribution < -0.4 is 10.1 Å². The molecule has 0 bridgehead atoms. The largest absolute Gasteiger partial charge is 0.496 e. The molecule has 0 heterocycles. The lowest BCUT2D eigenvalue weighted by Crippen LogP contribution is -2.35. The van der Waals surface area contributed by atoms with Crippen LogP contribution in [0.1, 0.15) is 25.8 Å². The van der Waals surface area contributed by atoms with Crippen LogP contribution in [0.4, 0.5) is 0 Å². The summed E-state index contributed by atoms with van der Waals surface area (Å²) in [5.41, 5.74) is 0.966. The second-order valence-corrected chi connectivity index (χ2v) is 5.30. The van der Waals surface area contributed by atoms with Crippen molar-refractivity contribution in [1.82, 2.24) is 5.32 Å². The number of carboxylic acid groups (broad SMARTS) is 1. The summed E-state index contributed by atoms with van der Waals surface area (Å²) in [5.74, 6) is -0.837. The van der Waals surface area contributed by atoms with Crippen LogP contribution in [0.2, 0.25) is 0 Å². The van der Waals surface area contributed by atoms with Crippen molar-refractivity contribution in [3.8, 4) is 5.75 Å². The molecule has 0 aliphatic carbocycles. The number of benzene rings is 1. The van der Waals surface area contributed by atoms with E-state index in [-0.39, 0.29) is 18.4 Å². The first-order valence-corrected chi connectivity index (χ1v) is 7.07. The van der Waals surface area contributed by atoms with Gasteiger partial charge in [0.1, 0.15) is 5.75 Å². The van der Waals surface area contributed by atoms with Crippen LogP contribution >= 0.6 is 0 Å². The van der Waals surface area contributed by atoms with E-state index in [9.17, 15) is 9.59 Å². The molecule has 1 amide bonds. The van der Waals surface area contributed by atoms with Gasteiger partial charge < -0.3 is 15.2 Å². The molecule has 116 valence electrons. The zero-order valence-corrected chi connectivity index (χ0v) is 12.8. The van der Waals surface area contributed by atoms with Crippen molar-refractivity contribution in [1.29, 1.82) is 0 Å². The molecular weight excluding hydrogens is 270 g/mol. The molecular formula is C16H23NO4. The molecule has 5 heteroatoms. The lowest BCUT2D eigenvalue weighted by atomic mass is 9.96. The first-order chi connectivity index (χ1) is 9.95. The first-order valence-electron chi connectivity index (χ1n) is 7.07. The number of rotatable bonds is 8. The maximum atomic E-state index is 11.8. The second kappa shape index (κ2) is 8.29. The summed E-state index contributed by atoms with van der Waals surface area (Å²) in [7, 11) is 1.60. The van der Waals surface area contributed by atoms with Gasteiger partial charge in [0, 0.05) is 13.0 Å². The Morgan fingerprint density at radius 1 is 1.29 bits per heavy atom. The van der Waals surface area contributed by atoms with E-state index in [2.05, 4.69) is 5.32 Å². The smallest absolute Gasteiger partial charge is 0.308 e. The zero-order chi connectivity index (χ0) is 15.8. The maximum Gasteiger partial charge on any atom is 0.308 e. The van der Waals surface area contributed by atoms with Gasteiger partial charge >= 0.3 is 5.97 Å². The van der Waals surface area contributed by atoms with Gasteiger partial charge in [0.25, 0.3) is 0 Å². The number of nitrogens with one attached hydrogen (secondary N) is 1. The molecule has 1 aromatic rings. The fourth-order valence-corrected chi connectivity index (χ4v) is 2.08. The SMILES string of the molecule is COc1ccccc1CCC(=O)NCC(C(=O)O)C(C)C. The minimum Gasteiger partial charge on any atom is -0.496 e. The van der Waals surface area contributed by atoms with Crippen molar-refractivity contribution in [2.24, 2.45) is 11.8 Å². The minimum atomic E-state index is -0.880. The van der Waals surface area contributed by atoms with Crippen LogP contribution in [0.3, 0.4) is 0 Å². The van der Waals surface area contributed by atoms with Crippen molar-refractivity contribution >= 4 is 11.9 Å². The Kier molecular flexibility index (Phi) is 6.72. The number of carbonyl (C=O) groups is 2. The van der Waals surface area contributed by atoms with Gasteiger partial charge in [-0.1, -0.05) is 32.0 Å². The predicted octanol–water partition coefficient (Wildman–Crippen LogP) is 2.10. The lowest BCUT2D eigenvalue weighted by molar-refractivity contribution is -0.143. The molecule has 0 aliphatic rings. The fraction of sp³-hybridized carbons (Fsp3) is 0.500. The number of hydrogen-bond donors (Lipinski definition) is 2. The van der Waals surface area contributed by atoms with Crippen molar-refractivity contribution < 1.29 is 19.4 Å². The van der Waals surface area contributed by atoms with Gasteiger partial charge in [-0.25, -0.2) is 0 Å². The van der Waals surface area contributed by atoms with Gasteiger partial charge in [-0.15, -0.1) is 0 Å². The van der Waals surface area contributed by atoms with Crippen LogP contribution in [0.15, 0.2) is 24.3 Å². The summed E-state index contributed by atoms with van der Waals surface area (Å²) in [4.78, 5) is 22.9. The molecule has 21 heavy (non-hydrogen) atoms. The Labute approximate surface area is 125 Å². The summed E-state index contributed by atoms with van der Waals surface area (Å²) in [6.07, 6.45) is 0.875. The normalized spacial score (nSPS) is 12.0. The number of carbonyl (C=O) groups excluding carboxylic acids is 1. The average molecular weight is 293 g/mol. The number of amides is 1. The van der Waals surface area contributed by atoms with Crippen molar-refractivity contribution in [2.75, 3.05) is 13.7 Å². The zero-order valence-electron chi connectivity index (χ0n) is 12.8. The fourth-order valence-electron chi connectivity index (χ4n) is 2.08. The summed E-state index contributed by atoms with van der Waals surface area (Å²) in [6.45, 7) is 3.83. The van der Waals surface area contributed by atoms with E-state index in [1.165, 1.54) is 0 Å². The third kappa shape index (κ3) is 5.45. The topological polar surface area (TPSA) is 75.6 Å². The van der Waals surface area contributed by atoms with E-state index in [0.717, 1.165) is 11.3 Å². The van der Waals surface area contributed by atoms with E-state index in [0.29, 0.717) is 12.8 Å². The van der Waals surface area contributed by atoms with Crippen LogP contribution in [0.5, 0.6) is 5.75 Å². The van der Waals surface area contributed by atoms with Gasteiger partial charge in [-0.3, -0.25) is 9.59 Å². The second-order valence-electron chi connectivity index (χ2n) is 5.30. The molecule has 2 N–H and O–H groups in total. The first kappa shape index (κ1) is 17.0. The van der Waals surface area contributed by atoms with E-state index >= 15 is 0 Å². The standard InChI is InChI=1S/C16H23NO4/c1-11(2)13(16(19)20)10-17-15(18)9-8-12-6-4-5-7-14(12)21-3/h4-7,11,13H,8-10H2,1-3H3,(H,17,18)(H,19,20). The number of ether oxygens (including phenoxy) is 1. The van der Waals surface area contributed by atoms with Crippen molar-refractivity contribution in [2.45, 2.75) is 26.7 Å². The molecule has 1 aromatic carbocycles. The van der Waals surface area contributed by atoms with Gasteiger partial charge in [0.15, 0.2) is 0 Å². The Morgan fingerprint density at radius 3 is 2.52 bits per heavy atom. The third-order valence-corrected chi connectivity index (χ3v) is 3.46. The van der Waals surface area contributed by atoms with E-state index < -0.39 is 11.9 Å². The highest BCUT2D eigenvalue weighted by Gasteiger charge is 2.21. The van der Waals surface area contributed by atoms with Gasteiger partial charge in [-0.2, -0.15) is 0 Å². The van der Waals surface area contributed by atoms with Crippen molar-refractivity contribution in [3.63, 3.8) is 0 Å². The lowest BCUT2D eigenvalue weighted by Gasteiger charge is -2.16. The molecule has 0 saturated heterocycles. The summed E-state index contributed by atoms with van der Waals surface area (Å²) in [5, 5.41) is 11.8. The molecule has 1 rings (SSSR count). The average Bonchev–Trinajstić information content (AvgIpc) is 2.44. The number of para-hydroxylation sites is 1. The van der Waals surface area contributed by atoms with Gasteiger partial charge in [0.2, 0.25) is 5.91 Å². The van der Waals surface area contributed by atoms with E-state index in [1.807, 2.05) is 38.1 Å².